The van der Waals surface area contributed by atoms with Crippen LogP contribution < -0.4 is 0 Å². The maximum absolute atomic E-state index is 12.3. The smallest absolute Gasteiger partial charge is 0.175 e. The molecule has 0 spiro atoms. The van der Waals surface area contributed by atoms with Crippen LogP contribution >= 0.6 is 22.6 Å². The highest BCUT2D eigenvalue weighted by Gasteiger charge is 2.21. The fraction of sp³-hybridized carbons (Fsp3) is 0.588. The zero-order valence-electron chi connectivity index (χ0n) is 13.0. The van der Waals surface area contributed by atoms with E-state index in [1.54, 1.807) is 0 Å². The zero-order chi connectivity index (χ0) is 15.4. The first-order valence-corrected chi connectivity index (χ1v) is 8.63. The molecular formula is C17H25IO2. The summed E-state index contributed by atoms with van der Waals surface area (Å²) in [5.74, 6) is 1.04. The molecule has 0 aliphatic heterocycles. The van der Waals surface area contributed by atoms with Crippen molar-refractivity contribution in [1.29, 1.82) is 0 Å². The molecule has 0 amide bonds. The zero-order valence-corrected chi connectivity index (χ0v) is 15.2. The Balaban J connectivity index is 3.45. The second kappa shape index (κ2) is 7.43. The van der Waals surface area contributed by atoms with Gasteiger partial charge in [0.25, 0.3) is 0 Å². The molecule has 2 nitrogen and oxygen atoms in total. The first-order chi connectivity index (χ1) is 9.33. The molecule has 0 aliphatic rings. The normalized spacial score (nSPS) is 15.7. The van der Waals surface area contributed by atoms with E-state index in [1.165, 1.54) is 0 Å². The monoisotopic (exact) mass is 388 g/mol. The van der Waals surface area contributed by atoms with Crippen LogP contribution in [0.5, 0.6) is 5.75 Å². The van der Waals surface area contributed by atoms with E-state index < -0.39 is 0 Å². The van der Waals surface area contributed by atoms with E-state index in [9.17, 15) is 9.90 Å². The lowest BCUT2D eigenvalue weighted by molar-refractivity contribution is 0.0998. The highest BCUT2D eigenvalue weighted by molar-refractivity contribution is 14.1. The molecule has 3 heteroatoms. The molecule has 1 N–H and O–H groups in total. The lowest BCUT2D eigenvalue weighted by atomic mass is 9.87. The van der Waals surface area contributed by atoms with E-state index in [1.807, 2.05) is 19.1 Å². The van der Waals surface area contributed by atoms with Crippen molar-refractivity contribution >= 4 is 28.4 Å². The summed E-state index contributed by atoms with van der Waals surface area (Å²) >= 11 is 2.15. The van der Waals surface area contributed by atoms with Crippen molar-refractivity contribution in [1.82, 2.24) is 0 Å². The minimum absolute atomic E-state index is 0.0493. The van der Waals surface area contributed by atoms with E-state index in [0.717, 1.165) is 29.5 Å². The van der Waals surface area contributed by atoms with Gasteiger partial charge in [-0.25, -0.2) is 0 Å². The molecule has 1 aromatic carbocycles. The molecule has 3 atom stereocenters. The van der Waals surface area contributed by atoms with Gasteiger partial charge < -0.3 is 5.11 Å². The number of ketones is 1. The van der Waals surface area contributed by atoms with Crippen molar-refractivity contribution in [2.24, 2.45) is 0 Å². The molecular weight excluding hydrogens is 363 g/mol. The largest absolute Gasteiger partial charge is 0.507 e. The lowest BCUT2D eigenvalue weighted by Crippen LogP contribution is -2.12. The number of phenolic OH excluding ortho intramolecular Hbond substituents is 1. The summed E-state index contributed by atoms with van der Waals surface area (Å²) in [6.07, 6.45) is 1.90. The Labute approximate surface area is 136 Å². The first-order valence-electron chi connectivity index (χ1n) is 7.38. The van der Waals surface area contributed by atoms with Gasteiger partial charge in [0.1, 0.15) is 5.75 Å². The molecule has 0 aromatic heterocycles. The summed E-state index contributed by atoms with van der Waals surface area (Å²) < 4.78 is -0.0493. The molecule has 20 heavy (non-hydrogen) atoms. The van der Waals surface area contributed by atoms with Gasteiger partial charge in [0.15, 0.2) is 5.78 Å². The molecule has 0 bridgehead atoms. The van der Waals surface area contributed by atoms with Gasteiger partial charge in [0.05, 0.1) is 3.92 Å². The third kappa shape index (κ3) is 3.74. The highest BCUT2D eigenvalue weighted by atomic mass is 127. The summed E-state index contributed by atoms with van der Waals surface area (Å²) in [4.78, 5) is 12.3. The van der Waals surface area contributed by atoms with Gasteiger partial charge in [-0.05, 0) is 54.9 Å². The van der Waals surface area contributed by atoms with Gasteiger partial charge in [-0.2, -0.15) is 0 Å². The van der Waals surface area contributed by atoms with E-state index in [0.29, 0.717) is 5.75 Å². The number of phenols is 1. The average molecular weight is 388 g/mol. The molecule has 0 saturated carbocycles. The molecule has 0 aliphatic carbocycles. The second-order valence-electron chi connectivity index (χ2n) is 5.60. The predicted octanol–water partition coefficient (Wildman–Crippen LogP) is 5.43. The maximum atomic E-state index is 12.3. The van der Waals surface area contributed by atoms with E-state index >= 15 is 0 Å². The SMILES string of the molecule is CCC(C)c1cc(C(=O)C(C)I)cc(C(C)CC)c1O. The van der Waals surface area contributed by atoms with Crippen molar-refractivity contribution in [2.45, 2.75) is 63.2 Å². The summed E-state index contributed by atoms with van der Waals surface area (Å²) in [7, 11) is 0. The second-order valence-corrected chi connectivity index (χ2v) is 7.47. The predicted molar refractivity (Wildman–Crippen MR) is 93.3 cm³/mol. The molecule has 0 fully saturated rings. The molecule has 3 unspecified atom stereocenters. The number of aromatic hydroxyl groups is 1. The van der Waals surface area contributed by atoms with Gasteiger partial charge in [-0.15, -0.1) is 0 Å². The van der Waals surface area contributed by atoms with Crippen LogP contribution in [0.15, 0.2) is 12.1 Å². The number of rotatable bonds is 6. The van der Waals surface area contributed by atoms with Crippen LogP contribution in [0.4, 0.5) is 0 Å². The summed E-state index contributed by atoms with van der Waals surface area (Å²) in [5.41, 5.74) is 2.55. The molecule has 0 heterocycles. The quantitative estimate of drug-likeness (QED) is 0.401. The minimum Gasteiger partial charge on any atom is -0.507 e. The molecule has 112 valence electrons. The van der Waals surface area contributed by atoms with Crippen molar-refractivity contribution in [3.05, 3.63) is 28.8 Å². The summed E-state index contributed by atoms with van der Waals surface area (Å²) in [6, 6.07) is 3.76. The molecule has 0 saturated heterocycles. The van der Waals surface area contributed by atoms with Crippen LogP contribution in [0.3, 0.4) is 0 Å². The summed E-state index contributed by atoms with van der Waals surface area (Å²) in [5, 5.41) is 10.5. The van der Waals surface area contributed by atoms with Crippen LogP contribution in [0.2, 0.25) is 0 Å². The van der Waals surface area contributed by atoms with Gasteiger partial charge in [0, 0.05) is 5.56 Å². The van der Waals surface area contributed by atoms with Crippen LogP contribution in [0, 0.1) is 0 Å². The Hall–Kier alpha value is -0.580. The van der Waals surface area contributed by atoms with Gasteiger partial charge >= 0.3 is 0 Å². The maximum Gasteiger partial charge on any atom is 0.175 e. The number of benzene rings is 1. The van der Waals surface area contributed by atoms with Gasteiger partial charge in [0.2, 0.25) is 0 Å². The van der Waals surface area contributed by atoms with Crippen LogP contribution in [0.1, 0.15) is 80.8 Å². The number of hydrogen-bond donors (Lipinski definition) is 1. The fourth-order valence-corrected chi connectivity index (χ4v) is 2.60. The topological polar surface area (TPSA) is 37.3 Å². The molecule has 1 aromatic rings. The first kappa shape index (κ1) is 17.5. The summed E-state index contributed by atoms with van der Waals surface area (Å²) in [6.45, 7) is 10.3. The van der Waals surface area contributed by atoms with Crippen molar-refractivity contribution in [3.63, 3.8) is 0 Å². The molecule has 1 rings (SSSR count). The third-order valence-corrected chi connectivity index (χ3v) is 4.67. The fourth-order valence-electron chi connectivity index (χ4n) is 2.24. The standard InChI is InChI=1S/C17H25IO2/c1-6-10(3)14-8-13(16(19)12(5)18)9-15(17(14)20)11(4)7-2/h8-12,20H,6-7H2,1-5H3. The van der Waals surface area contributed by atoms with Crippen LogP contribution in [0.25, 0.3) is 0 Å². The highest BCUT2D eigenvalue weighted by Crippen LogP contribution is 2.37. The number of hydrogen-bond acceptors (Lipinski definition) is 2. The van der Waals surface area contributed by atoms with E-state index in [2.05, 4.69) is 50.3 Å². The van der Waals surface area contributed by atoms with Gasteiger partial charge in [-0.3, -0.25) is 4.79 Å². The van der Waals surface area contributed by atoms with Crippen molar-refractivity contribution < 1.29 is 9.90 Å². The number of carbonyl (C=O) groups is 1. The Morgan fingerprint density at radius 1 is 1.10 bits per heavy atom. The average Bonchev–Trinajstić information content (AvgIpc) is 2.44. The number of Topliss-reactive ketones (excluding diaryl/α,β-unsaturated/α-hetero) is 1. The minimum atomic E-state index is -0.0493. The van der Waals surface area contributed by atoms with E-state index in [-0.39, 0.29) is 21.5 Å². The van der Waals surface area contributed by atoms with Crippen molar-refractivity contribution in [2.75, 3.05) is 0 Å². The molecule has 0 radical (unpaired) electrons. The Morgan fingerprint density at radius 2 is 1.50 bits per heavy atom. The number of alkyl halides is 1. The van der Waals surface area contributed by atoms with Crippen LogP contribution in [-0.2, 0) is 0 Å². The Kier molecular flexibility index (Phi) is 6.49. The lowest BCUT2D eigenvalue weighted by Gasteiger charge is -2.20. The Bertz CT molecular complexity index is 449. The van der Waals surface area contributed by atoms with E-state index in [4.69, 9.17) is 0 Å². The van der Waals surface area contributed by atoms with Gasteiger partial charge in [-0.1, -0.05) is 50.3 Å². The third-order valence-electron chi connectivity index (χ3n) is 4.10. The number of halogens is 1. The van der Waals surface area contributed by atoms with Crippen molar-refractivity contribution in [3.8, 4) is 5.75 Å². The Morgan fingerprint density at radius 3 is 1.80 bits per heavy atom. The van der Waals surface area contributed by atoms with Crippen LogP contribution in [-0.4, -0.2) is 14.8 Å². The number of carbonyl (C=O) groups excluding carboxylic acids is 1.